The number of benzene rings is 8. The molecule has 8 aromatic carbocycles. The summed E-state index contributed by atoms with van der Waals surface area (Å²) in [4.78, 5) is 2.39. The lowest BCUT2D eigenvalue weighted by Gasteiger charge is -2.27. The van der Waals surface area contributed by atoms with Crippen LogP contribution in [-0.4, -0.2) is 4.57 Å². The third kappa shape index (κ3) is 5.10. The maximum absolute atomic E-state index is 2.41. The fraction of sp³-hybridized carbons (Fsp3) is 0.0588. The fourth-order valence-corrected chi connectivity index (χ4v) is 8.56. The molecule has 0 amide bonds. The normalized spacial score (nSPS) is 12.9. The number of fused-ring (bicyclic) bond motifs is 6. The summed E-state index contributed by atoms with van der Waals surface area (Å²) in [5.41, 5.74) is 17.1. The zero-order valence-corrected chi connectivity index (χ0v) is 29.9. The Bertz CT molecular complexity index is 2790. The van der Waals surface area contributed by atoms with Gasteiger partial charge in [0.2, 0.25) is 0 Å². The van der Waals surface area contributed by atoms with Crippen molar-refractivity contribution in [1.29, 1.82) is 0 Å². The summed E-state index contributed by atoms with van der Waals surface area (Å²) in [5.74, 6) is 0. The molecule has 10 rings (SSSR count). The van der Waals surface area contributed by atoms with Gasteiger partial charge in [-0.1, -0.05) is 147 Å². The van der Waals surface area contributed by atoms with E-state index in [2.05, 4.69) is 217 Å². The molecule has 0 saturated carbocycles. The van der Waals surface area contributed by atoms with Crippen molar-refractivity contribution in [2.45, 2.75) is 19.3 Å². The third-order valence-electron chi connectivity index (χ3n) is 11.2. The summed E-state index contributed by atoms with van der Waals surface area (Å²) in [5, 5.41) is 2.51. The minimum absolute atomic E-state index is 0.0347. The first-order valence-corrected chi connectivity index (χ1v) is 18.4. The summed E-state index contributed by atoms with van der Waals surface area (Å²) in [6.07, 6.45) is 0. The third-order valence-corrected chi connectivity index (χ3v) is 11.2. The molecular weight excluding hydrogens is 641 g/mol. The molecule has 2 nitrogen and oxygen atoms in total. The molecule has 0 bridgehead atoms. The highest BCUT2D eigenvalue weighted by atomic mass is 15.1. The van der Waals surface area contributed by atoms with E-state index < -0.39 is 0 Å². The van der Waals surface area contributed by atoms with Crippen LogP contribution in [0.1, 0.15) is 25.0 Å². The van der Waals surface area contributed by atoms with E-state index in [1.54, 1.807) is 0 Å². The monoisotopic (exact) mass is 678 g/mol. The van der Waals surface area contributed by atoms with Crippen LogP contribution in [0.2, 0.25) is 0 Å². The predicted molar refractivity (Wildman–Crippen MR) is 224 cm³/mol. The van der Waals surface area contributed by atoms with Gasteiger partial charge in [-0.05, 0) is 105 Å². The van der Waals surface area contributed by atoms with E-state index in [4.69, 9.17) is 0 Å². The molecule has 0 N–H and O–H groups in total. The van der Waals surface area contributed by atoms with Crippen LogP contribution >= 0.6 is 0 Å². The largest absolute Gasteiger partial charge is 0.310 e. The first-order chi connectivity index (χ1) is 26.0. The van der Waals surface area contributed by atoms with E-state index in [0.29, 0.717) is 0 Å². The molecule has 1 aliphatic rings. The quantitative estimate of drug-likeness (QED) is 0.170. The molecule has 0 spiro atoms. The van der Waals surface area contributed by atoms with Crippen LogP contribution in [-0.2, 0) is 5.41 Å². The van der Waals surface area contributed by atoms with Crippen LogP contribution in [0.3, 0.4) is 0 Å². The maximum atomic E-state index is 2.41. The number of hydrogen-bond donors (Lipinski definition) is 0. The highest BCUT2D eigenvalue weighted by molar-refractivity contribution is 6.10. The average Bonchev–Trinajstić information content (AvgIpc) is 3.67. The Morgan fingerprint density at radius 1 is 0.377 bits per heavy atom. The number of rotatable bonds is 6. The SMILES string of the molecule is CC1(C)c2ccccc2-c2cc(N(c3ccccc3)c3cccc(-c4ccc5c6ccccc6n(-c6ccc(-c7ccccc7)cc6)c5c4)c3)ccc21. The Kier molecular flexibility index (Phi) is 7.19. The molecule has 1 heterocycles. The van der Waals surface area contributed by atoms with E-state index in [1.807, 2.05) is 0 Å². The van der Waals surface area contributed by atoms with Gasteiger partial charge in [0.05, 0.1) is 11.0 Å². The van der Waals surface area contributed by atoms with Crippen molar-refractivity contribution in [1.82, 2.24) is 4.57 Å². The van der Waals surface area contributed by atoms with Gasteiger partial charge in [-0.3, -0.25) is 0 Å². The average molecular weight is 679 g/mol. The van der Waals surface area contributed by atoms with Crippen molar-refractivity contribution >= 4 is 38.9 Å². The standard InChI is InChI=1S/C51H38N2/c1-51(2)47-22-11-9-20-43(47)46-34-42(29-31-48(46)51)52(39-17-7-4-8-18-39)41-19-13-16-37(32-41)38-26-30-45-44-21-10-12-23-49(44)53(50(45)33-38)40-27-24-36(25-28-40)35-14-5-3-6-15-35/h3-34H,1-2H3. The Labute approximate surface area is 310 Å². The Hall–Kier alpha value is -6.64. The number of anilines is 3. The second kappa shape index (κ2) is 12.3. The molecule has 9 aromatic rings. The first-order valence-electron chi connectivity index (χ1n) is 18.4. The van der Waals surface area contributed by atoms with Crippen molar-refractivity contribution in [2.75, 3.05) is 4.90 Å². The second-order valence-electron chi connectivity index (χ2n) is 14.6. The topological polar surface area (TPSA) is 8.17 Å². The van der Waals surface area contributed by atoms with E-state index in [-0.39, 0.29) is 5.41 Å². The Morgan fingerprint density at radius 2 is 0.962 bits per heavy atom. The van der Waals surface area contributed by atoms with Gasteiger partial charge < -0.3 is 9.47 Å². The van der Waals surface area contributed by atoms with Crippen LogP contribution in [0.4, 0.5) is 17.1 Å². The predicted octanol–water partition coefficient (Wildman–Crippen LogP) is 13.9. The van der Waals surface area contributed by atoms with Crippen molar-refractivity contribution in [3.05, 3.63) is 205 Å². The smallest absolute Gasteiger partial charge is 0.0547 e. The highest BCUT2D eigenvalue weighted by Gasteiger charge is 2.35. The minimum Gasteiger partial charge on any atom is -0.310 e. The molecule has 2 heteroatoms. The number of hydrogen-bond acceptors (Lipinski definition) is 1. The highest BCUT2D eigenvalue weighted by Crippen LogP contribution is 2.50. The van der Waals surface area contributed by atoms with Crippen molar-refractivity contribution < 1.29 is 0 Å². The molecule has 1 aromatic heterocycles. The molecule has 1 aliphatic carbocycles. The van der Waals surface area contributed by atoms with E-state index in [9.17, 15) is 0 Å². The fourth-order valence-electron chi connectivity index (χ4n) is 8.56. The molecule has 0 unspecified atom stereocenters. The van der Waals surface area contributed by atoms with Gasteiger partial charge in [0.25, 0.3) is 0 Å². The molecule has 0 aliphatic heterocycles. The number of para-hydroxylation sites is 2. The second-order valence-corrected chi connectivity index (χ2v) is 14.6. The summed E-state index contributed by atoms with van der Waals surface area (Å²) >= 11 is 0. The Morgan fingerprint density at radius 3 is 1.79 bits per heavy atom. The maximum Gasteiger partial charge on any atom is 0.0547 e. The summed E-state index contributed by atoms with van der Waals surface area (Å²) in [6.45, 7) is 4.68. The minimum atomic E-state index is -0.0347. The van der Waals surface area contributed by atoms with Gasteiger partial charge in [-0.25, -0.2) is 0 Å². The van der Waals surface area contributed by atoms with Gasteiger partial charge in [0, 0.05) is 38.9 Å². The Balaban J connectivity index is 1.10. The summed E-state index contributed by atoms with van der Waals surface area (Å²) < 4.78 is 2.41. The summed E-state index contributed by atoms with van der Waals surface area (Å²) in [7, 11) is 0. The first kappa shape index (κ1) is 31.1. The zero-order valence-electron chi connectivity index (χ0n) is 29.9. The van der Waals surface area contributed by atoms with Gasteiger partial charge in [-0.15, -0.1) is 0 Å². The van der Waals surface area contributed by atoms with Crippen LogP contribution < -0.4 is 4.90 Å². The lowest BCUT2D eigenvalue weighted by atomic mass is 9.82. The van der Waals surface area contributed by atoms with E-state index in [1.165, 1.54) is 66.3 Å². The molecule has 0 saturated heterocycles. The summed E-state index contributed by atoms with van der Waals surface area (Å²) in [6, 6.07) is 70.8. The van der Waals surface area contributed by atoms with Crippen molar-refractivity contribution in [3.63, 3.8) is 0 Å². The lowest BCUT2D eigenvalue weighted by molar-refractivity contribution is 0.660. The number of nitrogens with zero attached hydrogens (tertiary/aromatic N) is 2. The van der Waals surface area contributed by atoms with Crippen molar-refractivity contribution in [3.8, 4) is 39.1 Å². The van der Waals surface area contributed by atoms with Gasteiger partial charge in [0.15, 0.2) is 0 Å². The van der Waals surface area contributed by atoms with Gasteiger partial charge in [-0.2, -0.15) is 0 Å². The van der Waals surface area contributed by atoms with Crippen LogP contribution in [0.5, 0.6) is 0 Å². The zero-order chi connectivity index (χ0) is 35.5. The van der Waals surface area contributed by atoms with Crippen molar-refractivity contribution in [2.24, 2.45) is 0 Å². The van der Waals surface area contributed by atoms with Crippen LogP contribution in [0.25, 0.3) is 60.9 Å². The van der Waals surface area contributed by atoms with Crippen LogP contribution in [0, 0.1) is 0 Å². The van der Waals surface area contributed by atoms with Gasteiger partial charge >= 0.3 is 0 Å². The van der Waals surface area contributed by atoms with Gasteiger partial charge in [0.1, 0.15) is 0 Å². The molecule has 0 atom stereocenters. The molecule has 0 radical (unpaired) electrons. The van der Waals surface area contributed by atoms with E-state index >= 15 is 0 Å². The molecule has 0 fully saturated rings. The lowest BCUT2D eigenvalue weighted by Crippen LogP contribution is -2.15. The molecule has 252 valence electrons. The molecule has 53 heavy (non-hydrogen) atoms. The van der Waals surface area contributed by atoms with E-state index in [0.717, 1.165) is 22.7 Å². The molecular formula is C51H38N2. The van der Waals surface area contributed by atoms with Crippen LogP contribution in [0.15, 0.2) is 194 Å². The number of aromatic nitrogens is 1.